The molecule has 0 amide bonds. The number of fused-ring (bicyclic) bond motifs is 1. The Bertz CT molecular complexity index is 1090. The van der Waals surface area contributed by atoms with Crippen LogP contribution in [0, 0.1) is 5.92 Å². The number of para-hydroxylation sites is 1. The fourth-order valence-electron chi connectivity index (χ4n) is 4.57. The molecule has 0 spiro atoms. The Morgan fingerprint density at radius 1 is 0.867 bits per heavy atom. The minimum atomic E-state index is 0.0307. The fourth-order valence-corrected chi connectivity index (χ4v) is 5.96. The van der Waals surface area contributed by atoms with Crippen LogP contribution in [0.25, 0.3) is 0 Å². The maximum atomic E-state index is 13.4. The first-order valence-electron chi connectivity index (χ1n) is 10.6. The zero-order chi connectivity index (χ0) is 20.5. The van der Waals surface area contributed by atoms with Crippen molar-refractivity contribution in [3.05, 3.63) is 107 Å². The van der Waals surface area contributed by atoms with Gasteiger partial charge in [0.25, 0.3) is 0 Å². The Morgan fingerprint density at radius 3 is 2.30 bits per heavy atom. The molecule has 0 aromatic heterocycles. The number of nitrogens with zero attached hydrogens (tertiary/aromatic N) is 1. The highest BCUT2D eigenvalue weighted by atomic mass is 32.2. The Kier molecular flexibility index (Phi) is 5.22. The monoisotopic (exact) mass is 411 g/mol. The molecule has 2 aliphatic rings. The van der Waals surface area contributed by atoms with E-state index in [-0.39, 0.29) is 5.25 Å². The van der Waals surface area contributed by atoms with Crippen molar-refractivity contribution in [3.63, 3.8) is 0 Å². The molecule has 2 nitrogen and oxygen atoms in total. The van der Waals surface area contributed by atoms with Gasteiger partial charge in [-0.25, -0.2) is 0 Å². The summed E-state index contributed by atoms with van der Waals surface area (Å²) >= 11 is 1.82. The normalized spacial score (nSPS) is 21.1. The Morgan fingerprint density at radius 2 is 1.53 bits per heavy atom. The van der Waals surface area contributed by atoms with Crippen LogP contribution in [0.1, 0.15) is 36.1 Å². The molecule has 0 saturated carbocycles. The number of anilines is 1. The van der Waals surface area contributed by atoms with Gasteiger partial charge in [-0.05, 0) is 35.6 Å². The molecule has 3 aromatic rings. The van der Waals surface area contributed by atoms with Crippen LogP contribution < -0.4 is 4.90 Å². The number of carbonyl (C=O) groups excluding carboxylic acids is 1. The number of rotatable bonds is 3. The predicted octanol–water partition coefficient (Wildman–Crippen LogP) is 6.79. The minimum Gasteiger partial charge on any atom is -0.339 e. The van der Waals surface area contributed by atoms with Crippen molar-refractivity contribution in [2.24, 2.45) is 5.92 Å². The van der Waals surface area contributed by atoms with Crippen LogP contribution in [0.5, 0.6) is 0 Å². The second-order valence-corrected chi connectivity index (χ2v) is 9.39. The molecule has 0 radical (unpaired) electrons. The summed E-state index contributed by atoms with van der Waals surface area (Å²) in [6.45, 7) is 2.97. The van der Waals surface area contributed by atoms with E-state index < -0.39 is 0 Å². The zero-order valence-electron chi connectivity index (χ0n) is 17.1. The Hall–Kier alpha value is -2.78. The number of carbonyl (C=O) groups is 1. The van der Waals surface area contributed by atoms with E-state index in [1.54, 1.807) is 0 Å². The SMILES string of the molecule is C[C@@H]1CC(=O)C2=C(C1)N(Cc1ccccc1)c1ccccc1S[C@H]2c1ccccc1. The van der Waals surface area contributed by atoms with Gasteiger partial charge in [0.2, 0.25) is 0 Å². The van der Waals surface area contributed by atoms with E-state index in [0.717, 1.165) is 18.5 Å². The van der Waals surface area contributed by atoms with Gasteiger partial charge in [0, 0.05) is 29.1 Å². The van der Waals surface area contributed by atoms with Gasteiger partial charge in [-0.3, -0.25) is 4.79 Å². The lowest BCUT2D eigenvalue weighted by Crippen LogP contribution is -2.30. The van der Waals surface area contributed by atoms with Gasteiger partial charge >= 0.3 is 0 Å². The second-order valence-electron chi connectivity index (χ2n) is 8.25. The molecule has 0 bridgehead atoms. The summed E-state index contributed by atoms with van der Waals surface area (Å²) in [5, 5.41) is 0.0307. The average Bonchev–Trinajstić information content (AvgIpc) is 2.90. The van der Waals surface area contributed by atoms with E-state index in [1.807, 2.05) is 17.8 Å². The number of benzene rings is 3. The van der Waals surface area contributed by atoms with Crippen LogP contribution >= 0.6 is 11.8 Å². The largest absolute Gasteiger partial charge is 0.339 e. The predicted molar refractivity (Wildman–Crippen MR) is 125 cm³/mol. The van der Waals surface area contributed by atoms with E-state index in [9.17, 15) is 4.79 Å². The lowest BCUT2D eigenvalue weighted by Gasteiger charge is -2.34. The number of hydrogen-bond donors (Lipinski definition) is 0. The fraction of sp³-hybridized carbons (Fsp3) is 0.222. The van der Waals surface area contributed by atoms with Crippen molar-refractivity contribution in [3.8, 4) is 0 Å². The molecule has 3 heteroatoms. The maximum Gasteiger partial charge on any atom is 0.162 e. The quantitative estimate of drug-likeness (QED) is 0.473. The molecule has 1 heterocycles. The molecule has 1 aliphatic carbocycles. The van der Waals surface area contributed by atoms with Gasteiger partial charge in [-0.2, -0.15) is 0 Å². The maximum absolute atomic E-state index is 13.4. The van der Waals surface area contributed by atoms with Crippen molar-refractivity contribution in [2.45, 2.75) is 36.5 Å². The highest BCUT2D eigenvalue weighted by Crippen LogP contribution is 2.52. The first-order chi connectivity index (χ1) is 14.7. The van der Waals surface area contributed by atoms with E-state index in [1.165, 1.54) is 27.4 Å². The van der Waals surface area contributed by atoms with Crippen molar-refractivity contribution in [1.82, 2.24) is 0 Å². The molecule has 0 fully saturated rings. The molecular weight excluding hydrogens is 386 g/mol. The lowest BCUT2D eigenvalue weighted by atomic mass is 9.83. The average molecular weight is 412 g/mol. The molecule has 0 saturated heterocycles. The zero-order valence-corrected chi connectivity index (χ0v) is 17.9. The van der Waals surface area contributed by atoms with E-state index in [0.29, 0.717) is 18.1 Å². The van der Waals surface area contributed by atoms with E-state index in [4.69, 9.17) is 0 Å². The minimum absolute atomic E-state index is 0.0307. The standard InChI is InChI=1S/C27H25NOS/c1-19-16-23-26(24(29)17-19)27(21-12-6-3-7-13-21)30-25-15-9-8-14-22(25)28(23)18-20-10-4-2-5-11-20/h2-15,19,27H,16-18H2,1H3/t19-,27-/m0/s1. The van der Waals surface area contributed by atoms with Crippen molar-refractivity contribution >= 4 is 23.2 Å². The number of Topliss-reactive ketones (excluding diaryl/α,β-unsaturated/α-hetero) is 1. The van der Waals surface area contributed by atoms with Gasteiger partial charge in [0.1, 0.15) is 0 Å². The van der Waals surface area contributed by atoms with Crippen LogP contribution in [0.2, 0.25) is 0 Å². The summed E-state index contributed by atoms with van der Waals surface area (Å²) in [6, 6.07) is 29.7. The molecular formula is C27H25NOS. The Labute approximate surface area is 182 Å². The van der Waals surface area contributed by atoms with Crippen LogP contribution in [-0.2, 0) is 11.3 Å². The second kappa shape index (κ2) is 8.16. The van der Waals surface area contributed by atoms with Gasteiger partial charge < -0.3 is 4.90 Å². The van der Waals surface area contributed by atoms with Crippen molar-refractivity contribution < 1.29 is 4.79 Å². The number of thioether (sulfide) groups is 1. The van der Waals surface area contributed by atoms with Crippen LogP contribution in [0.4, 0.5) is 5.69 Å². The number of ketones is 1. The van der Waals surface area contributed by atoms with E-state index in [2.05, 4.69) is 90.7 Å². The molecule has 0 N–H and O–H groups in total. The molecule has 2 atom stereocenters. The van der Waals surface area contributed by atoms with Gasteiger partial charge in [0.05, 0.1) is 10.9 Å². The Balaban J connectivity index is 1.72. The summed E-state index contributed by atoms with van der Waals surface area (Å²) in [5.74, 6) is 0.664. The lowest BCUT2D eigenvalue weighted by molar-refractivity contribution is -0.117. The molecule has 0 unspecified atom stereocenters. The first-order valence-corrected chi connectivity index (χ1v) is 11.5. The van der Waals surface area contributed by atoms with Gasteiger partial charge in [-0.1, -0.05) is 79.7 Å². The molecule has 3 aromatic carbocycles. The summed E-state index contributed by atoms with van der Waals surface area (Å²) in [5.41, 5.74) is 5.87. The summed E-state index contributed by atoms with van der Waals surface area (Å²) in [4.78, 5) is 17.1. The number of allylic oxidation sites excluding steroid dienone is 1. The van der Waals surface area contributed by atoms with Crippen LogP contribution in [0.15, 0.2) is 101 Å². The van der Waals surface area contributed by atoms with Gasteiger partial charge in [0.15, 0.2) is 5.78 Å². The molecule has 5 rings (SSSR count). The highest BCUT2D eigenvalue weighted by Gasteiger charge is 2.37. The van der Waals surface area contributed by atoms with Crippen molar-refractivity contribution in [2.75, 3.05) is 4.90 Å². The summed E-state index contributed by atoms with van der Waals surface area (Å²) in [7, 11) is 0. The topological polar surface area (TPSA) is 20.3 Å². The van der Waals surface area contributed by atoms with Crippen LogP contribution in [0.3, 0.4) is 0 Å². The first kappa shape index (κ1) is 19.2. The van der Waals surface area contributed by atoms with Crippen LogP contribution in [-0.4, -0.2) is 5.78 Å². The molecule has 1 aliphatic heterocycles. The highest BCUT2D eigenvalue weighted by molar-refractivity contribution is 8.00. The molecule has 30 heavy (non-hydrogen) atoms. The summed E-state index contributed by atoms with van der Waals surface area (Å²) < 4.78 is 0. The van der Waals surface area contributed by atoms with E-state index >= 15 is 0 Å². The third kappa shape index (κ3) is 3.59. The van der Waals surface area contributed by atoms with Crippen molar-refractivity contribution in [1.29, 1.82) is 0 Å². The van der Waals surface area contributed by atoms with Gasteiger partial charge in [-0.15, -0.1) is 11.8 Å². The summed E-state index contributed by atoms with van der Waals surface area (Å²) in [6.07, 6.45) is 1.57. The molecule has 150 valence electrons. The smallest absolute Gasteiger partial charge is 0.162 e. The third-order valence-corrected chi connectivity index (χ3v) is 7.30. The number of hydrogen-bond acceptors (Lipinski definition) is 3. The third-order valence-electron chi connectivity index (χ3n) is 5.96.